The zero-order chi connectivity index (χ0) is 23.0. The van der Waals surface area contributed by atoms with Crippen molar-refractivity contribution in [1.82, 2.24) is 0 Å². The smallest absolute Gasteiger partial charge is 0.119 e. The molecule has 2 aliphatic carbocycles. The van der Waals surface area contributed by atoms with Gasteiger partial charge in [-0.2, -0.15) is 0 Å². The van der Waals surface area contributed by atoms with Gasteiger partial charge in [-0.1, -0.05) is 57.6 Å². The summed E-state index contributed by atoms with van der Waals surface area (Å²) in [6.45, 7) is 2.76. The Labute approximate surface area is 201 Å². The molecule has 0 amide bonds. The maximum atomic E-state index is 6.04. The van der Waals surface area contributed by atoms with Gasteiger partial charge in [0.25, 0.3) is 0 Å². The molecule has 2 saturated carbocycles. The number of rotatable bonds is 9. The number of unbranched alkanes of at least 4 members (excludes halogenated alkanes) is 2. The molecule has 180 valence electrons. The van der Waals surface area contributed by atoms with E-state index in [1.54, 1.807) is 0 Å². The summed E-state index contributed by atoms with van der Waals surface area (Å²) in [5, 5.41) is 0. The molecule has 2 aliphatic rings. The highest BCUT2D eigenvalue weighted by Crippen LogP contribution is 2.44. The lowest BCUT2D eigenvalue weighted by Crippen LogP contribution is -2.25. The Balaban J connectivity index is 1.20. The van der Waals surface area contributed by atoms with Crippen LogP contribution in [-0.2, 0) is 6.61 Å². The molecule has 0 aliphatic heterocycles. The average molecular weight is 449 g/mol. The van der Waals surface area contributed by atoms with E-state index in [1.165, 1.54) is 82.6 Å². The van der Waals surface area contributed by atoms with Crippen LogP contribution < -0.4 is 16.2 Å². The number of anilines is 2. The standard InChI is InChI=1S/C30H44N2O/c1-2-3-4-5-22-6-8-23(9-7-22)24-10-12-25(13-11-24)26-14-17-29(18-15-26)33-21-27-20-28(31)16-19-30(27)32/h14-20,22-25H,2-13,21,31-32H2,1H3. The Bertz CT molecular complexity index is 846. The molecule has 0 heterocycles. The SMILES string of the molecule is CCCCCC1CCC(C2CCC(c3ccc(OCc4cc(N)ccc4N)cc3)CC2)CC1. The first-order chi connectivity index (χ1) is 16.1. The Kier molecular flexibility index (Phi) is 8.58. The van der Waals surface area contributed by atoms with E-state index >= 15 is 0 Å². The number of nitrogen functional groups attached to an aromatic ring is 2. The number of hydrogen-bond donors (Lipinski definition) is 2. The molecular formula is C30H44N2O. The van der Waals surface area contributed by atoms with Crippen molar-refractivity contribution >= 4 is 11.4 Å². The van der Waals surface area contributed by atoms with Crippen LogP contribution in [0.15, 0.2) is 42.5 Å². The van der Waals surface area contributed by atoms with Crippen molar-refractivity contribution < 1.29 is 4.74 Å². The van der Waals surface area contributed by atoms with Gasteiger partial charge in [-0.05, 0) is 98.1 Å². The van der Waals surface area contributed by atoms with E-state index in [9.17, 15) is 0 Å². The van der Waals surface area contributed by atoms with E-state index in [4.69, 9.17) is 16.2 Å². The van der Waals surface area contributed by atoms with Crippen molar-refractivity contribution in [1.29, 1.82) is 0 Å². The molecule has 0 atom stereocenters. The fourth-order valence-corrected chi connectivity index (χ4v) is 6.30. The molecule has 33 heavy (non-hydrogen) atoms. The fraction of sp³-hybridized carbons (Fsp3) is 0.600. The zero-order valence-corrected chi connectivity index (χ0v) is 20.6. The number of benzene rings is 2. The second-order valence-electron chi connectivity index (χ2n) is 10.7. The molecular weight excluding hydrogens is 404 g/mol. The van der Waals surface area contributed by atoms with Crippen molar-refractivity contribution in [3.05, 3.63) is 53.6 Å². The fourth-order valence-electron chi connectivity index (χ4n) is 6.30. The van der Waals surface area contributed by atoms with Crippen molar-refractivity contribution in [3.63, 3.8) is 0 Å². The molecule has 4 rings (SSSR count). The highest BCUT2D eigenvalue weighted by atomic mass is 16.5. The first-order valence-corrected chi connectivity index (χ1v) is 13.5. The van der Waals surface area contributed by atoms with Crippen LogP contribution in [0.1, 0.15) is 101 Å². The highest BCUT2D eigenvalue weighted by molar-refractivity contribution is 5.55. The summed E-state index contributed by atoms with van der Waals surface area (Å²) < 4.78 is 5.97. The predicted octanol–water partition coefficient (Wildman–Crippen LogP) is 8.09. The molecule has 0 spiro atoms. The zero-order valence-electron chi connectivity index (χ0n) is 20.6. The maximum absolute atomic E-state index is 6.04. The quantitative estimate of drug-likeness (QED) is 0.301. The first kappa shape index (κ1) is 24.0. The highest BCUT2D eigenvalue weighted by Gasteiger charge is 2.31. The molecule has 2 aromatic rings. The normalized spacial score (nSPS) is 25.6. The molecule has 2 fully saturated rings. The van der Waals surface area contributed by atoms with Crippen LogP contribution in [-0.4, -0.2) is 0 Å². The van der Waals surface area contributed by atoms with E-state index in [0.717, 1.165) is 34.8 Å². The second-order valence-corrected chi connectivity index (χ2v) is 10.7. The van der Waals surface area contributed by atoms with Gasteiger partial charge in [0.15, 0.2) is 0 Å². The van der Waals surface area contributed by atoms with Gasteiger partial charge in [-0.25, -0.2) is 0 Å². The van der Waals surface area contributed by atoms with Crippen molar-refractivity contribution in [2.24, 2.45) is 17.8 Å². The summed E-state index contributed by atoms with van der Waals surface area (Å²) in [5.41, 5.74) is 15.8. The van der Waals surface area contributed by atoms with Crippen molar-refractivity contribution in [2.45, 2.75) is 96.5 Å². The lowest BCUT2D eigenvalue weighted by atomic mass is 9.68. The third kappa shape index (κ3) is 6.68. The van der Waals surface area contributed by atoms with E-state index in [0.29, 0.717) is 18.2 Å². The van der Waals surface area contributed by atoms with Crippen LogP contribution >= 0.6 is 0 Å². The van der Waals surface area contributed by atoms with Gasteiger partial charge in [-0.3, -0.25) is 0 Å². The molecule has 0 bridgehead atoms. The Hall–Kier alpha value is -2.16. The Morgan fingerprint density at radius 3 is 2.12 bits per heavy atom. The van der Waals surface area contributed by atoms with Crippen molar-refractivity contribution in [3.8, 4) is 5.75 Å². The van der Waals surface area contributed by atoms with E-state index in [2.05, 4.69) is 31.2 Å². The minimum atomic E-state index is 0.447. The Morgan fingerprint density at radius 1 is 0.788 bits per heavy atom. The van der Waals surface area contributed by atoms with Gasteiger partial charge in [0.05, 0.1) is 0 Å². The van der Waals surface area contributed by atoms with Crippen LogP contribution in [0, 0.1) is 17.8 Å². The minimum Gasteiger partial charge on any atom is -0.489 e. The van der Waals surface area contributed by atoms with Crippen LogP contribution in [0.5, 0.6) is 5.75 Å². The summed E-state index contributed by atoms with van der Waals surface area (Å²) in [6, 6.07) is 14.3. The number of hydrogen-bond acceptors (Lipinski definition) is 3. The van der Waals surface area contributed by atoms with Crippen LogP contribution in [0.2, 0.25) is 0 Å². The molecule has 0 radical (unpaired) electrons. The third-order valence-corrected chi connectivity index (χ3v) is 8.46. The van der Waals surface area contributed by atoms with Gasteiger partial charge in [0.1, 0.15) is 12.4 Å². The van der Waals surface area contributed by atoms with Gasteiger partial charge < -0.3 is 16.2 Å². The topological polar surface area (TPSA) is 61.3 Å². The van der Waals surface area contributed by atoms with Gasteiger partial charge in [-0.15, -0.1) is 0 Å². The summed E-state index contributed by atoms with van der Waals surface area (Å²) in [4.78, 5) is 0. The van der Waals surface area contributed by atoms with Gasteiger partial charge in [0.2, 0.25) is 0 Å². The molecule has 3 nitrogen and oxygen atoms in total. The molecule has 3 heteroatoms. The molecule has 0 saturated heterocycles. The second kappa shape index (κ2) is 11.8. The monoisotopic (exact) mass is 448 g/mol. The summed E-state index contributed by atoms with van der Waals surface area (Å²) in [6.07, 6.45) is 17.2. The van der Waals surface area contributed by atoms with Gasteiger partial charge in [0, 0.05) is 16.9 Å². The third-order valence-electron chi connectivity index (χ3n) is 8.46. The summed E-state index contributed by atoms with van der Waals surface area (Å²) >= 11 is 0. The summed E-state index contributed by atoms with van der Waals surface area (Å²) in [5.74, 6) is 4.61. The van der Waals surface area contributed by atoms with Crippen LogP contribution in [0.3, 0.4) is 0 Å². The van der Waals surface area contributed by atoms with Crippen LogP contribution in [0.4, 0.5) is 11.4 Å². The minimum absolute atomic E-state index is 0.447. The van der Waals surface area contributed by atoms with Crippen molar-refractivity contribution in [2.75, 3.05) is 11.5 Å². The predicted molar refractivity (Wildman–Crippen MR) is 140 cm³/mol. The van der Waals surface area contributed by atoms with Gasteiger partial charge >= 0.3 is 0 Å². The van der Waals surface area contributed by atoms with E-state index < -0.39 is 0 Å². The largest absolute Gasteiger partial charge is 0.489 e. The molecule has 2 aromatic carbocycles. The molecule has 0 unspecified atom stereocenters. The molecule has 0 aromatic heterocycles. The van der Waals surface area contributed by atoms with E-state index in [1.807, 2.05) is 18.2 Å². The lowest BCUT2D eigenvalue weighted by Gasteiger charge is -2.38. The molecule has 4 N–H and O–H groups in total. The van der Waals surface area contributed by atoms with E-state index in [-0.39, 0.29) is 0 Å². The maximum Gasteiger partial charge on any atom is 0.119 e. The lowest BCUT2D eigenvalue weighted by molar-refractivity contribution is 0.155. The average Bonchev–Trinajstić information content (AvgIpc) is 2.86. The Morgan fingerprint density at radius 2 is 1.45 bits per heavy atom. The first-order valence-electron chi connectivity index (χ1n) is 13.5. The summed E-state index contributed by atoms with van der Waals surface area (Å²) in [7, 11) is 0. The van der Waals surface area contributed by atoms with Crippen LogP contribution in [0.25, 0.3) is 0 Å². The number of ether oxygens (including phenoxy) is 1. The number of nitrogens with two attached hydrogens (primary N) is 2.